The van der Waals surface area contributed by atoms with E-state index in [-0.39, 0.29) is 23.9 Å². The number of alkyl halides is 3. The molecule has 0 spiro atoms. The minimum absolute atomic E-state index is 0.0173. The molecule has 126 valence electrons. The highest BCUT2D eigenvalue weighted by molar-refractivity contribution is 6.31. The van der Waals surface area contributed by atoms with Crippen molar-refractivity contribution in [3.05, 3.63) is 16.5 Å². The van der Waals surface area contributed by atoms with Crippen LogP contribution in [0.5, 0.6) is 0 Å². The Morgan fingerprint density at radius 2 is 1.96 bits per heavy atom. The molecule has 1 saturated heterocycles. The highest BCUT2D eigenvalue weighted by Gasteiger charge is 2.27. The van der Waals surface area contributed by atoms with Crippen LogP contribution in [-0.2, 0) is 6.42 Å². The molecule has 4 nitrogen and oxygen atoms in total. The maximum atomic E-state index is 12.3. The number of rotatable bonds is 4. The minimum atomic E-state index is -4.16. The van der Waals surface area contributed by atoms with Crippen molar-refractivity contribution in [3.8, 4) is 6.07 Å². The first kappa shape index (κ1) is 17.8. The van der Waals surface area contributed by atoms with E-state index in [1.54, 1.807) is 6.92 Å². The Morgan fingerprint density at radius 1 is 1.30 bits per heavy atom. The Kier molecular flexibility index (Phi) is 5.69. The predicted octanol–water partition coefficient (Wildman–Crippen LogP) is 4.06. The average molecular weight is 347 g/mol. The van der Waals surface area contributed by atoms with Crippen LogP contribution in [0.2, 0.25) is 5.15 Å². The summed E-state index contributed by atoms with van der Waals surface area (Å²) < 4.78 is 36.8. The van der Waals surface area contributed by atoms with Crippen LogP contribution in [0.4, 0.5) is 19.0 Å². The lowest BCUT2D eigenvalue weighted by atomic mass is 9.99. The fraction of sp³-hybridized carbons (Fsp3) is 0.667. The molecule has 0 unspecified atom stereocenters. The van der Waals surface area contributed by atoms with Gasteiger partial charge < -0.3 is 4.90 Å². The van der Waals surface area contributed by atoms with Gasteiger partial charge in [-0.1, -0.05) is 11.6 Å². The molecule has 2 rings (SSSR count). The summed E-state index contributed by atoms with van der Waals surface area (Å²) in [5.41, 5.74) is 1.11. The van der Waals surface area contributed by atoms with Gasteiger partial charge in [0.1, 0.15) is 0 Å². The summed E-state index contributed by atoms with van der Waals surface area (Å²) in [6.45, 7) is 3.00. The quantitative estimate of drug-likeness (QED) is 0.824. The largest absolute Gasteiger partial charge is 0.389 e. The van der Waals surface area contributed by atoms with E-state index in [2.05, 4.69) is 16.0 Å². The molecule has 2 heterocycles. The smallest absolute Gasteiger partial charge is 0.354 e. The van der Waals surface area contributed by atoms with Gasteiger partial charge in [0, 0.05) is 25.4 Å². The summed E-state index contributed by atoms with van der Waals surface area (Å²) in [7, 11) is 0. The van der Waals surface area contributed by atoms with Crippen LogP contribution in [-0.4, -0.2) is 29.2 Å². The predicted molar refractivity (Wildman–Crippen MR) is 81.3 cm³/mol. The molecule has 0 aromatic carbocycles. The Hall–Kier alpha value is -1.55. The molecule has 23 heavy (non-hydrogen) atoms. The first-order valence-electron chi connectivity index (χ1n) is 7.54. The average Bonchev–Trinajstić information content (AvgIpc) is 2.48. The number of anilines is 1. The number of aryl methyl sites for hydroxylation is 2. The van der Waals surface area contributed by atoms with E-state index in [4.69, 9.17) is 16.9 Å². The maximum absolute atomic E-state index is 12.3. The third-order valence-electron chi connectivity index (χ3n) is 3.96. The van der Waals surface area contributed by atoms with Crippen molar-refractivity contribution in [1.29, 1.82) is 5.26 Å². The van der Waals surface area contributed by atoms with Crippen molar-refractivity contribution >= 4 is 17.4 Å². The molecule has 0 aliphatic carbocycles. The summed E-state index contributed by atoms with van der Waals surface area (Å²) in [5, 5.41) is 9.19. The monoisotopic (exact) mass is 346 g/mol. The number of piperidine rings is 1. The molecule has 1 fully saturated rings. The van der Waals surface area contributed by atoms with Crippen LogP contribution in [0, 0.1) is 24.2 Å². The van der Waals surface area contributed by atoms with Gasteiger partial charge in [-0.25, -0.2) is 9.97 Å². The number of hydrogen-bond donors (Lipinski definition) is 0. The van der Waals surface area contributed by atoms with E-state index in [9.17, 15) is 13.2 Å². The number of nitriles is 1. The van der Waals surface area contributed by atoms with Gasteiger partial charge in [-0.15, -0.1) is 0 Å². The molecule has 0 N–H and O–H groups in total. The van der Waals surface area contributed by atoms with Crippen LogP contribution >= 0.6 is 11.6 Å². The van der Waals surface area contributed by atoms with E-state index >= 15 is 0 Å². The number of halogens is 4. The van der Waals surface area contributed by atoms with Crippen molar-refractivity contribution in [2.45, 2.75) is 45.2 Å². The van der Waals surface area contributed by atoms with E-state index in [0.29, 0.717) is 30.3 Å². The highest BCUT2D eigenvalue weighted by atomic mass is 35.5. The van der Waals surface area contributed by atoms with E-state index in [0.717, 1.165) is 12.8 Å². The molecular formula is C15H18ClF3N4. The van der Waals surface area contributed by atoms with E-state index in [1.165, 1.54) is 0 Å². The van der Waals surface area contributed by atoms with Crippen molar-refractivity contribution in [1.82, 2.24) is 9.97 Å². The molecule has 8 heteroatoms. The van der Waals surface area contributed by atoms with Crippen LogP contribution in [0.1, 0.15) is 37.1 Å². The molecule has 0 saturated carbocycles. The van der Waals surface area contributed by atoms with Gasteiger partial charge in [-0.3, -0.25) is 0 Å². The maximum Gasteiger partial charge on any atom is 0.389 e. The van der Waals surface area contributed by atoms with Gasteiger partial charge in [0.05, 0.1) is 17.5 Å². The molecule has 1 aliphatic heterocycles. The zero-order valence-electron chi connectivity index (χ0n) is 12.8. The Bertz CT molecular complexity index is 590. The Morgan fingerprint density at radius 3 is 2.52 bits per heavy atom. The first-order valence-corrected chi connectivity index (χ1v) is 7.92. The highest BCUT2D eigenvalue weighted by Crippen LogP contribution is 2.28. The van der Waals surface area contributed by atoms with Crippen LogP contribution in [0.3, 0.4) is 0 Å². The summed E-state index contributed by atoms with van der Waals surface area (Å²) in [4.78, 5) is 10.6. The molecule has 0 bridgehead atoms. The molecule has 1 aliphatic rings. The van der Waals surface area contributed by atoms with E-state index < -0.39 is 12.6 Å². The third kappa shape index (κ3) is 4.96. The summed E-state index contributed by atoms with van der Waals surface area (Å²) in [6, 6.07) is 2.25. The second kappa shape index (κ2) is 7.35. The zero-order chi connectivity index (χ0) is 17.0. The van der Waals surface area contributed by atoms with Gasteiger partial charge in [0.25, 0.3) is 0 Å². The van der Waals surface area contributed by atoms with Gasteiger partial charge in [0.15, 0.2) is 11.0 Å². The molecule has 0 atom stereocenters. The molecular weight excluding hydrogens is 329 g/mol. The summed E-state index contributed by atoms with van der Waals surface area (Å²) >= 11 is 6.15. The summed E-state index contributed by atoms with van der Waals surface area (Å²) in [6.07, 6.45) is -3.33. The minimum Gasteiger partial charge on any atom is -0.354 e. The lowest BCUT2D eigenvalue weighted by Crippen LogP contribution is -2.34. The fourth-order valence-corrected chi connectivity index (χ4v) is 2.92. The third-order valence-corrected chi connectivity index (χ3v) is 4.21. The second-order valence-corrected chi connectivity index (χ2v) is 6.09. The zero-order valence-corrected chi connectivity index (χ0v) is 13.6. The molecule has 0 amide bonds. The van der Waals surface area contributed by atoms with Crippen molar-refractivity contribution in [3.63, 3.8) is 0 Å². The Labute approximate surface area is 138 Å². The van der Waals surface area contributed by atoms with Gasteiger partial charge in [-0.2, -0.15) is 18.4 Å². The molecule has 1 aromatic heterocycles. The second-order valence-electron chi connectivity index (χ2n) is 5.73. The lowest BCUT2D eigenvalue weighted by molar-refractivity contribution is -0.135. The standard InChI is InChI=1S/C15H18ClF3N4/c1-10-12(3-2-6-15(17,18)19)22-14(13(16)21-10)23-7-4-11(9-20)5-8-23/h11H,2-8H2,1H3. The first-order chi connectivity index (χ1) is 10.8. The van der Waals surface area contributed by atoms with Crippen molar-refractivity contribution in [2.24, 2.45) is 5.92 Å². The van der Waals surface area contributed by atoms with Crippen molar-refractivity contribution < 1.29 is 13.2 Å². The van der Waals surface area contributed by atoms with Crippen LogP contribution in [0.25, 0.3) is 0 Å². The fourth-order valence-electron chi connectivity index (χ4n) is 2.63. The lowest BCUT2D eigenvalue weighted by Gasteiger charge is -2.30. The van der Waals surface area contributed by atoms with Crippen LogP contribution < -0.4 is 4.90 Å². The van der Waals surface area contributed by atoms with Crippen LogP contribution in [0.15, 0.2) is 0 Å². The summed E-state index contributed by atoms with van der Waals surface area (Å²) in [5.74, 6) is 0.547. The van der Waals surface area contributed by atoms with Gasteiger partial charge in [0.2, 0.25) is 0 Å². The Balaban J connectivity index is 2.09. The van der Waals surface area contributed by atoms with Gasteiger partial charge >= 0.3 is 6.18 Å². The molecule has 0 radical (unpaired) electrons. The SMILES string of the molecule is Cc1nc(Cl)c(N2CCC(C#N)CC2)nc1CCCC(F)(F)F. The number of aromatic nitrogens is 2. The van der Waals surface area contributed by atoms with Gasteiger partial charge in [-0.05, 0) is 32.6 Å². The van der Waals surface area contributed by atoms with E-state index in [1.807, 2.05) is 4.90 Å². The molecule has 1 aromatic rings. The normalized spacial score (nSPS) is 16.4. The van der Waals surface area contributed by atoms with Crippen molar-refractivity contribution in [2.75, 3.05) is 18.0 Å². The number of hydrogen-bond acceptors (Lipinski definition) is 4. The number of nitrogens with zero attached hydrogens (tertiary/aromatic N) is 4. The topological polar surface area (TPSA) is 52.8 Å².